The van der Waals surface area contributed by atoms with Gasteiger partial charge in [0, 0.05) is 33.6 Å². The summed E-state index contributed by atoms with van der Waals surface area (Å²) in [4.78, 5) is 28.6. The Balaban J connectivity index is 1.69. The van der Waals surface area contributed by atoms with E-state index in [0.29, 0.717) is 22.6 Å². The Morgan fingerprint density at radius 3 is 2.31 bits per heavy atom. The molecule has 0 saturated carbocycles. The molecule has 0 aliphatic rings. The van der Waals surface area contributed by atoms with Crippen LogP contribution in [0, 0.1) is 0 Å². The minimum atomic E-state index is -3.88. The molecule has 0 radical (unpaired) electrons. The first kappa shape index (κ1) is 23.3. The van der Waals surface area contributed by atoms with Crippen molar-refractivity contribution < 1.29 is 18.0 Å². The maximum absolute atomic E-state index is 12.4. The summed E-state index contributed by atoms with van der Waals surface area (Å²) in [6.07, 6.45) is 2.72. The molecule has 0 bridgehead atoms. The second-order valence-electron chi connectivity index (χ2n) is 6.75. The number of primary sulfonamides is 1. The number of carbonyl (C=O) groups is 2. The molecule has 2 amide bonds. The molecule has 164 valence electrons. The fraction of sp³-hybridized carbons (Fsp3) is 0.0455. The number of pyridine rings is 1. The highest BCUT2D eigenvalue weighted by atomic mass is 79.9. The lowest BCUT2D eigenvalue weighted by Gasteiger charge is -2.10. The van der Waals surface area contributed by atoms with E-state index >= 15 is 0 Å². The van der Waals surface area contributed by atoms with Gasteiger partial charge < -0.3 is 10.6 Å². The number of amides is 2. The van der Waals surface area contributed by atoms with Crippen LogP contribution in [0.15, 0.2) is 87.9 Å². The molecule has 1 heterocycles. The molecule has 8 nitrogen and oxygen atoms in total. The Hall–Kier alpha value is -3.34. The first-order valence-electron chi connectivity index (χ1n) is 9.28. The topological polar surface area (TPSA) is 131 Å². The van der Waals surface area contributed by atoms with Crippen molar-refractivity contribution >= 4 is 49.3 Å². The van der Waals surface area contributed by atoms with Gasteiger partial charge in [-0.1, -0.05) is 30.3 Å². The van der Waals surface area contributed by atoms with E-state index in [1.807, 2.05) is 0 Å². The summed E-state index contributed by atoms with van der Waals surface area (Å²) in [7, 11) is -3.88. The molecule has 1 aromatic heterocycles. The molecule has 3 rings (SSSR count). The standard InChI is InChI=1S/C22H19BrN4O4S/c1-14(12-21(28)27-20-11-8-16(23)13-25-20)22(29)26-17-9-6-15(7-10-17)18-4-2-3-5-19(18)32(24,30)31/h2-13H,1H3,(H,26,29)(H2,24,30,31)(H,25,27,28)/b14-12+. The van der Waals surface area contributed by atoms with Crippen LogP contribution in [-0.2, 0) is 19.6 Å². The minimum Gasteiger partial charge on any atom is -0.322 e. The van der Waals surface area contributed by atoms with Crippen LogP contribution in [0.4, 0.5) is 11.5 Å². The van der Waals surface area contributed by atoms with Crippen LogP contribution >= 0.6 is 15.9 Å². The number of nitrogens with one attached hydrogen (secondary N) is 2. The number of aromatic nitrogens is 1. The van der Waals surface area contributed by atoms with E-state index in [1.54, 1.807) is 60.8 Å². The van der Waals surface area contributed by atoms with Gasteiger partial charge in [0.05, 0.1) is 4.90 Å². The summed E-state index contributed by atoms with van der Waals surface area (Å²) in [5.41, 5.74) is 1.77. The third kappa shape index (κ3) is 6.10. The van der Waals surface area contributed by atoms with Crippen molar-refractivity contribution in [1.29, 1.82) is 0 Å². The molecule has 0 aliphatic carbocycles. The number of nitrogens with zero attached hydrogens (tertiary/aromatic N) is 1. The van der Waals surface area contributed by atoms with Gasteiger partial charge in [-0.3, -0.25) is 9.59 Å². The van der Waals surface area contributed by atoms with E-state index in [0.717, 1.165) is 4.47 Å². The van der Waals surface area contributed by atoms with Gasteiger partial charge in [0.1, 0.15) is 5.82 Å². The molecular weight excluding hydrogens is 496 g/mol. The molecule has 0 unspecified atom stereocenters. The van der Waals surface area contributed by atoms with Crippen LogP contribution in [0.25, 0.3) is 11.1 Å². The Kier molecular flexibility index (Phi) is 7.18. The van der Waals surface area contributed by atoms with E-state index in [9.17, 15) is 18.0 Å². The van der Waals surface area contributed by atoms with E-state index < -0.39 is 21.8 Å². The maximum Gasteiger partial charge on any atom is 0.251 e. The number of rotatable bonds is 6. The van der Waals surface area contributed by atoms with Crippen LogP contribution in [0.5, 0.6) is 0 Å². The minimum absolute atomic E-state index is 0.0156. The molecule has 0 atom stereocenters. The summed E-state index contributed by atoms with van der Waals surface area (Å²) in [6.45, 7) is 1.51. The van der Waals surface area contributed by atoms with Gasteiger partial charge in [0.15, 0.2) is 0 Å². The number of hydrogen-bond donors (Lipinski definition) is 3. The molecule has 0 fully saturated rings. The van der Waals surface area contributed by atoms with E-state index in [4.69, 9.17) is 5.14 Å². The lowest BCUT2D eigenvalue weighted by Crippen LogP contribution is -2.16. The molecule has 0 aliphatic heterocycles. The Bertz CT molecular complexity index is 1290. The highest BCUT2D eigenvalue weighted by molar-refractivity contribution is 9.10. The zero-order chi connectivity index (χ0) is 23.3. The Morgan fingerprint density at radius 1 is 1.00 bits per heavy atom. The number of carbonyl (C=O) groups excluding carboxylic acids is 2. The van der Waals surface area contributed by atoms with Crippen molar-refractivity contribution in [2.24, 2.45) is 5.14 Å². The van der Waals surface area contributed by atoms with Gasteiger partial charge in [0.2, 0.25) is 15.9 Å². The summed E-state index contributed by atoms with van der Waals surface area (Å²) in [6, 6.07) is 16.4. The number of halogens is 1. The molecule has 10 heteroatoms. The van der Waals surface area contributed by atoms with Crippen LogP contribution in [0.3, 0.4) is 0 Å². The second kappa shape index (κ2) is 9.86. The Labute approximate surface area is 193 Å². The monoisotopic (exact) mass is 514 g/mol. The van der Waals surface area contributed by atoms with Gasteiger partial charge in [-0.25, -0.2) is 18.5 Å². The number of anilines is 2. The van der Waals surface area contributed by atoms with Gasteiger partial charge in [0.25, 0.3) is 5.91 Å². The third-order valence-electron chi connectivity index (χ3n) is 4.33. The maximum atomic E-state index is 12.4. The summed E-state index contributed by atoms with van der Waals surface area (Å²) < 4.78 is 24.4. The number of benzene rings is 2. The van der Waals surface area contributed by atoms with Gasteiger partial charge in [-0.15, -0.1) is 0 Å². The molecule has 0 spiro atoms. The molecule has 4 N–H and O–H groups in total. The van der Waals surface area contributed by atoms with Gasteiger partial charge in [-0.05, 0) is 58.7 Å². The lowest BCUT2D eigenvalue weighted by atomic mass is 10.1. The van der Waals surface area contributed by atoms with Crippen LogP contribution in [0.1, 0.15) is 6.92 Å². The highest BCUT2D eigenvalue weighted by Crippen LogP contribution is 2.27. The molecular formula is C22H19BrN4O4S. The largest absolute Gasteiger partial charge is 0.322 e. The Morgan fingerprint density at radius 2 is 1.69 bits per heavy atom. The normalized spacial score (nSPS) is 11.7. The summed E-state index contributed by atoms with van der Waals surface area (Å²) in [5, 5.41) is 10.6. The van der Waals surface area contributed by atoms with Crippen molar-refractivity contribution in [2.45, 2.75) is 11.8 Å². The SMILES string of the molecule is C/C(=C\C(=O)Nc1ccc(Br)cn1)C(=O)Nc1ccc(-c2ccccc2S(N)(=O)=O)cc1. The van der Waals surface area contributed by atoms with Crippen LogP contribution < -0.4 is 15.8 Å². The summed E-state index contributed by atoms with van der Waals surface area (Å²) >= 11 is 3.26. The average Bonchev–Trinajstić information content (AvgIpc) is 2.75. The third-order valence-corrected chi connectivity index (χ3v) is 5.77. The first-order valence-corrected chi connectivity index (χ1v) is 11.6. The van der Waals surface area contributed by atoms with Gasteiger partial charge >= 0.3 is 0 Å². The zero-order valence-electron chi connectivity index (χ0n) is 16.9. The quantitative estimate of drug-likeness (QED) is 0.431. The first-order chi connectivity index (χ1) is 15.1. The van der Waals surface area contributed by atoms with Crippen molar-refractivity contribution in [3.63, 3.8) is 0 Å². The van der Waals surface area contributed by atoms with Crippen LogP contribution in [0.2, 0.25) is 0 Å². The second-order valence-corrected chi connectivity index (χ2v) is 9.20. The summed E-state index contributed by atoms with van der Waals surface area (Å²) in [5.74, 6) is -0.581. The van der Waals surface area contributed by atoms with Crippen molar-refractivity contribution in [1.82, 2.24) is 4.98 Å². The molecule has 2 aromatic carbocycles. The van der Waals surface area contributed by atoms with Crippen molar-refractivity contribution in [2.75, 3.05) is 10.6 Å². The molecule has 0 saturated heterocycles. The van der Waals surface area contributed by atoms with Crippen LogP contribution in [-0.4, -0.2) is 25.2 Å². The fourth-order valence-corrected chi connectivity index (χ4v) is 3.79. The zero-order valence-corrected chi connectivity index (χ0v) is 19.3. The van der Waals surface area contributed by atoms with Gasteiger partial charge in [-0.2, -0.15) is 0 Å². The predicted molar refractivity (Wildman–Crippen MR) is 126 cm³/mol. The van der Waals surface area contributed by atoms with Crippen molar-refractivity contribution in [3.05, 3.63) is 83.0 Å². The molecule has 32 heavy (non-hydrogen) atoms. The van der Waals surface area contributed by atoms with E-state index in [-0.39, 0.29) is 10.5 Å². The molecule has 3 aromatic rings. The fourth-order valence-electron chi connectivity index (χ4n) is 2.79. The van der Waals surface area contributed by atoms with Crippen molar-refractivity contribution in [3.8, 4) is 11.1 Å². The van der Waals surface area contributed by atoms with E-state index in [2.05, 4.69) is 31.5 Å². The smallest absolute Gasteiger partial charge is 0.251 e. The van der Waals surface area contributed by atoms with E-state index in [1.165, 1.54) is 19.1 Å². The number of nitrogens with two attached hydrogens (primary N) is 1. The predicted octanol–water partition coefficient (Wildman–Crippen LogP) is 3.68. The average molecular weight is 515 g/mol. The highest BCUT2D eigenvalue weighted by Gasteiger charge is 2.15. The number of hydrogen-bond acceptors (Lipinski definition) is 5. The lowest BCUT2D eigenvalue weighted by molar-refractivity contribution is -0.114. The number of sulfonamides is 1.